The zero-order valence-electron chi connectivity index (χ0n) is 11.8. The Bertz CT molecular complexity index is 628. The summed E-state index contributed by atoms with van der Waals surface area (Å²) in [5.41, 5.74) is 5.87. The van der Waals surface area contributed by atoms with E-state index in [9.17, 15) is 0 Å². The first-order chi connectivity index (χ1) is 9.65. The van der Waals surface area contributed by atoms with Gasteiger partial charge < -0.3 is 20.1 Å². The third-order valence-corrected chi connectivity index (χ3v) is 3.33. The van der Waals surface area contributed by atoms with Crippen LogP contribution in [0, 0.1) is 0 Å². The number of aromatic nitrogens is 1. The van der Waals surface area contributed by atoms with E-state index in [-0.39, 0.29) is 6.04 Å². The number of hydrogen-bond acceptors (Lipinski definition) is 5. The summed E-state index contributed by atoms with van der Waals surface area (Å²) < 4.78 is 11.3. The van der Waals surface area contributed by atoms with E-state index in [1.807, 2.05) is 38.4 Å². The molecule has 3 rings (SSSR count). The van der Waals surface area contributed by atoms with E-state index in [1.54, 1.807) is 0 Å². The van der Waals surface area contributed by atoms with Crippen molar-refractivity contribution >= 4 is 16.6 Å². The standard InChI is InChI=1S/C15H19N3O2/c1-10(16)9-18(2)15-12-8-14-13(19-5-6-20-14)7-11(12)3-4-17-15/h3-4,7-8,10H,5-6,9,16H2,1-2H3. The molecule has 1 unspecified atom stereocenters. The third kappa shape index (κ3) is 2.36. The second-order valence-corrected chi connectivity index (χ2v) is 5.21. The molecular formula is C15H19N3O2. The largest absolute Gasteiger partial charge is 0.486 e. The van der Waals surface area contributed by atoms with Crippen molar-refractivity contribution in [3.8, 4) is 11.5 Å². The molecule has 2 N–H and O–H groups in total. The SMILES string of the molecule is CC(N)CN(C)c1nccc2cc3c(cc12)OCCO3. The molecule has 0 saturated carbocycles. The highest BCUT2D eigenvalue weighted by Gasteiger charge is 2.16. The maximum Gasteiger partial charge on any atom is 0.162 e. The first-order valence-corrected chi connectivity index (χ1v) is 6.80. The first kappa shape index (κ1) is 13.0. The maximum atomic E-state index is 5.87. The van der Waals surface area contributed by atoms with Crippen molar-refractivity contribution < 1.29 is 9.47 Å². The topological polar surface area (TPSA) is 60.6 Å². The van der Waals surface area contributed by atoms with Crippen molar-refractivity contribution in [2.45, 2.75) is 13.0 Å². The van der Waals surface area contributed by atoms with Gasteiger partial charge in [0.1, 0.15) is 19.0 Å². The number of nitrogens with zero attached hydrogens (tertiary/aromatic N) is 2. The summed E-state index contributed by atoms with van der Waals surface area (Å²) in [5.74, 6) is 2.50. The number of ether oxygens (including phenoxy) is 2. The molecule has 106 valence electrons. The Morgan fingerprint density at radius 1 is 1.30 bits per heavy atom. The lowest BCUT2D eigenvalue weighted by Crippen LogP contribution is -2.33. The van der Waals surface area contributed by atoms with E-state index in [2.05, 4.69) is 9.88 Å². The minimum Gasteiger partial charge on any atom is -0.486 e. The van der Waals surface area contributed by atoms with Gasteiger partial charge in [0.15, 0.2) is 11.5 Å². The predicted molar refractivity (Wildman–Crippen MR) is 79.7 cm³/mol. The Morgan fingerprint density at radius 2 is 2.00 bits per heavy atom. The summed E-state index contributed by atoms with van der Waals surface area (Å²) in [7, 11) is 2.00. The fourth-order valence-corrected chi connectivity index (χ4v) is 2.52. The molecule has 2 heterocycles. The van der Waals surface area contributed by atoms with Crippen LogP contribution in [0.5, 0.6) is 11.5 Å². The van der Waals surface area contributed by atoms with Gasteiger partial charge in [0.2, 0.25) is 0 Å². The Hall–Kier alpha value is -2.01. The minimum absolute atomic E-state index is 0.0919. The minimum atomic E-state index is 0.0919. The van der Waals surface area contributed by atoms with Crippen LogP contribution in [0.1, 0.15) is 6.92 Å². The monoisotopic (exact) mass is 273 g/mol. The molecule has 0 saturated heterocycles. The fraction of sp³-hybridized carbons (Fsp3) is 0.400. The predicted octanol–water partition coefficient (Wildman–Crippen LogP) is 1.79. The zero-order valence-corrected chi connectivity index (χ0v) is 11.8. The van der Waals surface area contributed by atoms with Gasteiger partial charge in [-0.05, 0) is 30.5 Å². The quantitative estimate of drug-likeness (QED) is 0.924. The number of rotatable bonds is 3. The highest BCUT2D eigenvalue weighted by molar-refractivity contribution is 5.94. The average Bonchev–Trinajstić information content (AvgIpc) is 2.43. The number of fused-ring (bicyclic) bond motifs is 2. The van der Waals surface area contributed by atoms with E-state index in [1.165, 1.54) is 0 Å². The van der Waals surface area contributed by atoms with Crippen LogP contribution in [0.4, 0.5) is 5.82 Å². The Labute approximate surface area is 118 Å². The number of hydrogen-bond donors (Lipinski definition) is 1. The third-order valence-electron chi connectivity index (χ3n) is 3.33. The molecule has 0 bridgehead atoms. The Balaban J connectivity index is 2.08. The molecule has 0 fully saturated rings. The van der Waals surface area contributed by atoms with Gasteiger partial charge in [-0.15, -0.1) is 0 Å². The lowest BCUT2D eigenvalue weighted by Gasteiger charge is -2.23. The van der Waals surface area contributed by atoms with Crippen molar-refractivity contribution in [1.29, 1.82) is 0 Å². The molecule has 0 radical (unpaired) electrons. The first-order valence-electron chi connectivity index (χ1n) is 6.80. The van der Waals surface area contributed by atoms with E-state index >= 15 is 0 Å². The van der Waals surface area contributed by atoms with Crippen LogP contribution in [-0.4, -0.2) is 37.8 Å². The summed E-state index contributed by atoms with van der Waals surface area (Å²) in [6, 6.07) is 6.09. The smallest absolute Gasteiger partial charge is 0.162 e. The van der Waals surface area contributed by atoms with Gasteiger partial charge in [-0.3, -0.25) is 0 Å². The van der Waals surface area contributed by atoms with E-state index in [4.69, 9.17) is 15.2 Å². The van der Waals surface area contributed by atoms with Crippen molar-refractivity contribution in [2.24, 2.45) is 5.73 Å². The molecule has 1 aromatic carbocycles. The van der Waals surface area contributed by atoms with Crippen LogP contribution >= 0.6 is 0 Å². The summed E-state index contributed by atoms with van der Waals surface area (Å²) in [4.78, 5) is 6.56. The molecule has 0 spiro atoms. The Morgan fingerprint density at radius 3 is 2.70 bits per heavy atom. The number of anilines is 1. The fourth-order valence-electron chi connectivity index (χ4n) is 2.52. The normalized spacial score (nSPS) is 15.2. The highest BCUT2D eigenvalue weighted by atomic mass is 16.6. The molecule has 1 aliphatic heterocycles. The van der Waals surface area contributed by atoms with Gasteiger partial charge in [0.05, 0.1) is 0 Å². The number of pyridine rings is 1. The van der Waals surface area contributed by atoms with E-state index < -0.39 is 0 Å². The van der Waals surface area contributed by atoms with Crippen molar-refractivity contribution in [3.63, 3.8) is 0 Å². The molecular weight excluding hydrogens is 254 g/mol. The van der Waals surface area contributed by atoms with Crippen LogP contribution in [0.25, 0.3) is 10.8 Å². The maximum absolute atomic E-state index is 5.87. The summed E-state index contributed by atoms with van der Waals surface area (Å²) in [6.45, 7) is 3.92. The van der Waals surface area contributed by atoms with Crippen LogP contribution in [0.3, 0.4) is 0 Å². The lowest BCUT2D eigenvalue weighted by molar-refractivity contribution is 0.172. The molecule has 5 nitrogen and oxygen atoms in total. The van der Waals surface area contributed by atoms with Gasteiger partial charge in [0, 0.05) is 31.2 Å². The second kappa shape index (κ2) is 5.17. The van der Waals surface area contributed by atoms with Gasteiger partial charge in [-0.1, -0.05) is 0 Å². The molecule has 20 heavy (non-hydrogen) atoms. The summed E-state index contributed by atoms with van der Waals surface area (Å²) in [6.07, 6.45) is 1.81. The molecule has 1 aromatic heterocycles. The van der Waals surface area contributed by atoms with Crippen LogP contribution in [0.2, 0.25) is 0 Å². The molecule has 0 aliphatic carbocycles. The van der Waals surface area contributed by atoms with Gasteiger partial charge in [-0.2, -0.15) is 0 Å². The van der Waals surface area contributed by atoms with Crippen molar-refractivity contribution in [3.05, 3.63) is 24.4 Å². The van der Waals surface area contributed by atoms with Crippen molar-refractivity contribution in [1.82, 2.24) is 4.98 Å². The average molecular weight is 273 g/mol. The van der Waals surface area contributed by atoms with Crippen LogP contribution < -0.4 is 20.1 Å². The summed E-state index contributed by atoms with van der Waals surface area (Å²) >= 11 is 0. The van der Waals surface area contributed by atoms with Gasteiger partial charge in [-0.25, -0.2) is 4.98 Å². The van der Waals surface area contributed by atoms with Gasteiger partial charge >= 0.3 is 0 Å². The van der Waals surface area contributed by atoms with Gasteiger partial charge in [0.25, 0.3) is 0 Å². The molecule has 0 amide bonds. The highest BCUT2D eigenvalue weighted by Crippen LogP contribution is 2.37. The summed E-state index contributed by atoms with van der Waals surface area (Å²) in [5, 5.41) is 2.15. The number of benzene rings is 1. The van der Waals surface area contributed by atoms with Crippen molar-refractivity contribution in [2.75, 3.05) is 31.7 Å². The van der Waals surface area contributed by atoms with E-state index in [0.29, 0.717) is 13.2 Å². The zero-order chi connectivity index (χ0) is 14.1. The molecule has 5 heteroatoms. The Kier molecular flexibility index (Phi) is 3.36. The van der Waals surface area contributed by atoms with Crippen LogP contribution in [0.15, 0.2) is 24.4 Å². The second-order valence-electron chi connectivity index (χ2n) is 5.21. The molecule has 1 aliphatic rings. The number of likely N-dealkylation sites (N-methyl/N-ethyl adjacent to an activating group) is 1. The van der Waals surface area contributed by atoms with E-state index in [0.717, 1.165) is 34.6 Å². The molecule has 2 aromatic rings. The lowest BCUT2D eigenvalue weighted by atomic mass is 10.1. The van der Waals surface area contributed by atoms with Crippen LogP contribution in [-0.2, 0) is 0 Å². The molecule has 1 atom stereocenters. The number of nitrogens with two attached hydrogens (primary N) is 1.